The number of benzene rings is 1. The molecule has 1 aromatic carbocycles. The predicted molar refractivity (Wildman–Crippen MR) is 78.8 cm³/mol. The van der Waals surface area contributed by atoms with Crippen molar-refractivity contribution in [1.82, 2.24) is 9.88 Å². The maximum absolute atomic E-state index is 5.90. The number of hydrogen-bond acceptors (Lipinski definition) is 3. The molecule has 3 rings (SSSR count). The summed E-state index contributed by atoms with van der Waals surface area (Å²) in [5.74, 6) is 0. The molecule has 3 heteroatoms. The lowest BCUT2D eigenvalue weighted by atomic mass is 10.0. The van der Waals surface area contributed by atoms with Gasteiger partial charge in [-0.2, -0.15) is 0 Å². The zero-order valence-corrected chi connectivity index (χ0v) is 11.3. The van der Waals surface area contributed by atoms with Gasteiger partial charge < -0.3 is 5.73 Å². The smallest absolute Gasteiger partial charge is 0.0346 e. The summed E-state index contributed by atoms with van der Waals surface area (Å²) in [6.07, 6.45) is 7.77. The van der Waals surface area contributed by atoms with Crippen LogP contribution in [0.4, 0.5) is 0 Å². The van der Waals surface area contributed by atoms with Crippen molar-refractivity contribution in [2.75, 3.05) is 13.1 Å². The molecule has 19 heavy (non-hydrogen) atoms. The third-order valence-corrected chi connectivity index (χ3v) is 4.15. The summed E-state index contributed by atoms with van der Waals surface area (Å²) in [7, 11) is 0. The predicted octanol–water partition coefficient (Wildman–Crippen LogP) is 2.55. The van der Waals surface area contributed by atoms with Crippen LogP contribution in [0.3, 0.4) is 0 Å². The number of likely N-dealkylation sites (tertiary alicyclic amines) is 1. The number of fused-ring (bicyclic) bond motifs is 1. The van der Waals surface area contributed by atoms with E-state index in [4.69, 9.17) is 5.73 Å². The van der Waals surface area contributed by atoms with Gasteiger partial charge in [0.05, 0.1) is 0 Å². The van der Waals surface area contributed by atoms with E-state index in [0.29, 0.717) is 6.04 Å². The maximum Gasteiger partial charge on any atom is 0.0346 e. The minimum atomic E-state index is 0.535. The molecule has 1 unspecified atom stereocenters. The number of nitrogens with zero attached hydrogens (tertiary/aromatic N) is 2. The molecule has 0 amide bonds. The third-order valence-electron chi connectivity index (χ3n) is 4.15. The summed E-state index contributed by atoms with van der Waals surface area (Å²) in [6, 6.07) is 9.02. The molecular formula is C16H21N3. The van der Waals surface area contributed by atoms with E-state index in [-0.39, 0.29) is 0 Å². The Bertz CT molecular complexity index is 547. The highest BCUT2D eigenvalue weighted by molar-refractivity contribution is 5.84. The molecule has 0 saturated carbocycles. The lowest BCUT2D eigenvalue weighted by molar-refractivity contribution is 0.145. The van der Waals surface area contributed by atoms with E-state index < -0.39 is 0 Å². The molecule has 0 spiro atoms. The fraction of sp³-hybridized carbons (Fsp3) is 0.438. The largest absolute Gasteiger partial charge is 0.329 e. The SMILES string of the molecule is NCC1CCCCN1Cc1cncc2ccccc12. The minimum absolute atomic E-state index is 0.535. The van der Waals surface area contributed by atoms with Crippen molar-refractivity contribution in [2.24, 2.45) is 5.73 Å². The van der Waals surface area contributed by atoms with E-state index >= 15 is 0 Å². The highest BCUT2D eigenvalue weighted by Crippen LogP contribution is 2.23. The van der Waals surface area contributed by atoms with E-state index in [1.54, 1.807) is 0 Å². The van der Waals surface area contributed by atoms with E-state index in [0.717, 1.165) is 19.6 Å². The summed E-state index contributed by atoms with van der Waals surface area (Å²) in [6.45, 7) is 2.89. The molecule has 3 nitrogen and oxygen atoms in total. The topological polar surface area (TPSA) is 42.1 Å². The zero-order chi connectivity index (χ0) is 13.1. The van der Waals surface area contributed by atoms with Crippen LogP contribution in [0.2, 0.25) is 0 Å². The van der Waals surface area contributed by atoms with Crippen LogP contribution in [0.5, 0.6) is 0 Å². The number of nitrogens with two attached hydrogens (primary N) is 1. The van der Waals surface area contributed by atoms with Gasteiger partial charge in [0, 0.05) is 36.9 Å². The molecule has 1 aliphatic heterocycles. The lowest BCUT2D eigenvalue weighted by Gasteiger charge is -2.35. The van der Waals surface area contributed by atoms with Crippen LogP contribution >= 0.6 is 0 Å². The highest BCUT2D eigenvalue weighted by Gasteiger charge is 2.21. The molecule has 2 heterocycles. The molecule has 0 radical (unpaired) electrons. The van der Waals surface area contributed by atoms with Crippen molar-refractivity contribution in [3.63, 3.8) is 0 Å². The van der Waals surface area contributed by atoms with Gasteiger partial charge in [0.2, 0.25) is 0 Å². The molecule has 2 N–H and O–H groups in total. The van der Waals surface area contributed by atoms with Gasteiger partial charge in [0.25, 0.3) is 0 Å². The number of rotatable bonds is 3. The molecule has 2 aromatic rings. The van der Waals surface area contributed by atoms with Crippen LogP contribution in [0.25, 0.3) is 10.8 Å². The molecule has 100 valence electrons. The molecule has 0 bridgehead atoms. The molecule has 1 aromatic heterocycles. The van der Waals surface area contributed by atoms with Crippen LogP contribution in [0, 0.1) is 0 Å². The number of hydrogen-bond donors (Lipinski definition) is 1. The number of pyridine rings is 1. The Morgan fingerprint density at radius 1 is 1.21 bits per heavy atom. The molecule has 1 aliphatic rings. The quantitative estimate of drug-likeness (QED) is 0.916. The first-order valence-electron chi connectivity index (χ1n) is 7.14. The average Bonchev–Trinajstić information content (AvgIpc) is 2.48. The maximum atomic E-state index is 5.90. The average molecular weight is 255 g/mol. The second-order valence-corrected chi connectivity index (χ2v) is 5.38. The highest BCUT2D eigenvalue weighted by atomic mass is 15.2. The van der Waals surface area contributed by atoms with Gasteiger partial charge >= 0.3 is 0 Å². The molecular weight excluding hydrogens is 234 g/mol. The van der Waals surface area contributed by atoms with Gasteiger partial charge in [0.1, 0.15) is 0 Å². The standard InChI is InChI=1S/C16H21N3/c17-9-15-6-3-4-8-19(15)12-14-11-18-10-13-5-1-2-7-16(13)14/h1-2,5,7,10-11,15H,3-4,6,8-9,12,17H2. The van der Waals surface area contributed by atoms with Crippen LogP contribution < -0.4 is 5.73 Å². The van der Waals surface area contributed by atoms with Crippen LogP contribution in [0.15, 0.2) is 36.7 Å². The Morgan fingerprint density at radius 3 is 3.00 bits per heavy atom. The van der Waals surface area contributed by atoms with Gasteiger partial charge in [0.15, 0.2) is 0 Å². The van der Waals surface area contributed by atoms with E-state index in [9.17, 15) is 0 Å². The van der Waals surface area contributed by atoms with Crippen LogP contribution in [-0.2, 0) is 6.54 Å². The number of aromatic nitrogens is 1. The monoisotopic (exact) mass is 255 g/mol. The first kappa shape index (κ1) is 12.6. The number of piperidine rings is 1. The van der Waals surface area contributed by atoms with Crippen molar-refractivity contribution < 1.29 is 0 Å². The molecule has 1 fully saturated rings. The van der Waals surface area contributed by atoms with Gasteiger partial charge in [-0.15, -0.1) is 0 Å². The molecule has 0 aliphatic carbocycles. The van der Waals surface area contributed by atoms with Crippen LogP contribution in [0.1, 0.15) is 24.8 Å². The fourth-order valence-electron chi connectivity index (χ4n) is 3.06. The minimum Gasteiger partial charge on any atom is -0.329 e. The van der Waals surface area contributed by atoms with Gasteiger partial charge in [-0.25, -0.2) is 0 Å². The Labute approximate surface area is 114 Å². The van der Waals surface area contributed by atoms with E-state index in [2.05, 4.69) is 34.1 Å². The Hall–Kier alpha value is -1.45. The Balaban J connectivity index is 1.88. The fourth-order valence-corrected chi connectivity index (χ4v) is 3.06. The first-order chi connectivity index (χ1) is 9.38. The van der Waals surface area contributed by atoms with Gasteiger partial charge in [-0.1, -0.05) is 30.7 Å². The zero-order valence-electron chi connectivity index (χ0n) is 11.3. The summed E-state index contributed by atoms with van der Waals surface area (Å²) < 4.78 is 0. The van der Waals surface area contributed by atoms with Gasteiger partial charge in [-0.3, -0.25) is 9.88 Å². The second kappa shape index (κ2) is 5.68. The van der Waals surface area contributed by atoms with E-state index in [1.165, 1.54) is 35.6 Å². The van der Waals surface area contributed by atoms with E-state index in [1.807, 2.05) is 12.4 Å². The Morgan fingerprint density at radius 2 is 2.11 bits per heavy atom. The van der Waals surface area contributed by atoms with Crippen molar-refractivity contribution in [1.29, 1.82) is 0 Å². The molecule has 1 saturated heterocycles. The summed E-state index contributed by atoms with van der Waals surface area (Å²) >= 11 is 0. The summed E-state index contributed by atoms with van der Waals surface area (Å²) in [4.78, 5) is 6.89. The summed E-state index contributed by atoms with van der Waals surface area (Å²) in [5.41, 5.74) is 7.22. The third kappa shape index (κ3) is 2.62. The van der Waals surface area contributed by atoms with Crippen molar-refractivity contribution in [2.45, 2.75) is 31.8 Å². The lowest BCUT2D eigenvalue weighted by Crippen LogP contribution is -2.43. The molecule has 1 atom stereocenters. The first-order valence-corrected chi connectivity index (χ1v) is 7.14. The Kier molecular flexibility index (Phi) is 3.76. The van der Waals surface area contributed by atoms with Crippen LogP contribution in [-0.4, -0.2) is 29.0 Å². The second-order valence-electron chi connectivity index (χ2n) is 5.38. The normalized spacial score (nSPS) is 20.8. The van der Waals surface area contributed by atoms with Crippen molar-refractivity contribution in [3.05, 3.63) is 42.2 Å². The van der Waals surface area contributed by atoms with Crippen molar-refractivity contribution >= 4 is 10.8 Å². The summed E-state index contributed by atoms with van der Waals surface area (Å²) in [5, 5.41) is 2.54. The van der Waals surface area contributed by atoms with Gasteiger partial charge in [-0.05, 0) is 30.3 Å². The van der Waals surface area contributed by atoms with Crippen molar-refractivity contribution in [3.8, 4) is 0 Å².